The summed E-state index contributed by atoms with van der Waals surface area (Å²) in [7, 11) is 1.30. The Bertz CT molecular complexity index is 820. The lowest BCUT2D eigenvalue weighted by atomic mass is 10.0. The van der Waals surface area contributed by atoms with Gasteiger partial charge in [-0.05, 0) is 35.7 Å². The first-order chi connectivity index (χ1) is 12.5. The van der Waals surface area contributed by atoms with Crippen molar-refractivity contribution < 1.29 is 18.7 Å². The molecule has 2 N–H and O–H groups in total. The molecule has 6 heteroatoms. The molecule has 0 bridgehead atoms. The van der Waals surface area contributed by atoms with Gasteiger partial charge < -0.3 is 15.4 Å². The van der Waals surface area contributed by atoms with Gasteiger partial charge in [-0.15, -0.1) is 0 Å². The predicted octanol–water partition coefficient (Wildman–Crippen LogP) is 2.89. The Hall–Kier alpha value is -2.89. The molecule has 136 valence electrons. The molecule has 0 radical (unpaired) electrons. The van der Waals surface area contributed by atoms with Gasteiger partial charge in [0.05, 0.1) is 19.6 Å². The fourth-order valence-corrected chi connectivity index (χ4v) is 3.18. The number of rotatable bonds is 5. The highest BCUT2D eigenvalue weighted by molar-refractivity contribution is 5.88. The summed E-state index contributed by atoms with van der Waals surface area (Å²) in [5, 5.41) is 6.14. The Labute approximate surface area is 151 Å². The van der Waals surface area contributed by atoms with Gasteiger partial charge in [0.2, 0.25) is 5.91 Å². The quantitative estimate of drug-likeness (QED) is 0.809. The summed E-state index contributed by atoms with van der Waals surface area (Å²) in [4.78, 5) is 24.5. The maximum absolute atomic E-state index is 13.2. The van der Waals surface area contributed by atoms with Crippen LogP contribution in [0.2, 0.25) is 0 Å². The molecule has 1 aliphatic heterocycles. The van der Waals surface area contributed by atoms with Gasteiger partial charge in [0.1, 0.15) is 11.9 Å². The summed E-state index contributed by atoms with van der Waals surface area (Å²) in [6, 6.07) is 10.7. The van der Waals surface area contributed by atoms with Crippen LogP contribution in [0.25, 0.3) is 0 Å². The van der Waals surface area contributed by atoms with Crippen molar-refractivity contribution in [2.45, 2.75) is 31.8 Å². The molecule has 2 atom stereocenters. The maximum Gasteiger partial charge on any atom is 0.307 e. The number of methoxy groups -OCH3 is 1. The van der Waals surface area contributed by atoms with Crippen LogP contribution in [0.5, 0.6) is 0 Å². The van der Waals surface area contributed by atoms with Gasteiger partial charge in [0, 0.05) is 12.1 Å². The van der Waals surface area contributed by atoms with Crippen molar-refractivity contribution in [2.75, 3.05) is 12.4 Å². The number of carbonyl (C=O) groups excluding carboxylic acids is 2. The first-order valence-electron chi connectivity index (χ1n) is 8.45. The molecular weight excluding hydrogens is 335 g/mol. The largest absolute Gasteiger partial charge is 0.469 e. The number of benzene rings is 2. The third kappa shape index (κ3) is 3.85. The molecule has 26 heavy (non-hydrogen) atoms. The molecule has 1 amide bonds. The Balaban J connectivity index is 1.74. The summed E-state index contributed by atoms with van der Waals surface area (Å²) >= 11 is 0. The number of ether oxygens (including phenoxy) is 1. The Morgan fingerprint density at radius 3 is 2.65 bits per heavy atom. The van der Waals surface area contributed by atoms with E-state index in [2.05, 4.69) is 10.6 Å². The molecule has 0 fully saturated rings. The SMILES string of the molecule is COC(=O)CC(NC(=O)C1Cc2cccc(C)c2N1)c1ccc(F)cc1. The van der Waals surface area contributed by atoms with Crippen LogP contribution in [0.15, 0.2) is 42.5 Å². The standard InChI is InChI=1S/C20H21FN2O3/c1-12-4-3-5-14-10-17(22-19(12)14)20(25)23-16(11-18(24)26-2)13-6-8-15(21)9-7-13/h3-9,16-17,22H,10-11H2,1-2H3,(H,23,25). The minimum Gasteiger partial charge on any atom is -0.469 e. The van der Waals surface area contributed by atoms with Crippen LogP contribution in [0, 0.1) is 12.7 Å². The third-order valence-electron chi connectivity index (χ3n) is 4.61. The molecule has 0 spiro atoms. The average molecular weight is 356 g/mol. The Morgan fingerprint density at radius 1 is 1.27 bits per heavy atom. The molecule has 0 aromatic heterocycles. The van der Waals surface area contributed by atoms with Crippen molar-refractivity contribution in [3.05, 3.63) is 65.0 Å². The highest BCUT2D eigenvalue weighted by Crippen LogP contribution is 2.29. The number of hydrogen-bond acceptors (Lipinski definition) is 4. The number of carbonyl (C=O) groups is 2. The minimum atomic E-state index is -0.581. The van der Waals surface area contributed by atoms with Crippen LogP contribution >= 0.6 is 0 Å². The van der Waals surface area contributed by atoms with E-state index in [4.69, 9.17) is 4.74 Å². The van der Waals surface area contributed by atoms with Gasteiger partial charge in [0.15, 0.2) is 0 Å². The van der Waals surface area contributed by atoms with Gasteiger partial charge in [-0.25, -0.2) is 4.39 Å². The van der Waals surface area contributed by atoms with E-state index in [-0.39, 0.29) is 18.1 Å². The van der Waals surface area contributed by atoms with E-state index < -0.39 is 18.1 Å². The number of amides is 1. The van der Waals surface area contributed by atoms with E-state index in [9.17, 15) is 14.0 Å². The number of aryl methyl sites for hydroxylation is 1. The van der Waals surface area contributed by atoms with Crippen molar-refractivity contribution in [3.63, 3.8) is 0 Å². The number of hydrogen-bond donors (Lipinski definition) is 2. The molecule has 1 aliphatic rings. The average Bonchev–Trinajstić information content (AvgIpc) is 3.07. The second kappa shape index (κ2) is 7.56. The van der Waals surface area contributed by atoms with E-state index in [0.717, 1.165) is 16.8 Å². The Kier molecular flexibility index (Phi) is 5.21. The molecule has 0 aliphatic carbocycles. The van der Waals surface area contributed by atoms with Crippen LogP contribution in [0.4, 0.5) is 10.1 Å². The Morgan fingerprint density at radius 2 is 2.00 bits per heavy atom. The second-order valence-electron chi connectivity index (χ2n) is 6.40. The van der Waals surface area contributed by atoms with E-state index in [0.29, 0.717) is 12.0 Å². The third-order valence-corrected chi connectivity index (χ3v) is 4.61. The van der Waals surface area contributed by atoms with Crippen LogP contribution in [0.3, 0.4) is 0 Å². The summed E-state index contributed by atoms with van der Waals surface area (Å²) in [5.41, 5.74) is 3.81. The lowest BCUT2D eigenvalue weighted by Gasteiger charge is -2.21. The molecule has 2 aromatic rings. The highest BCUT2D eigenvalue weighted by atomic mass is 19.1. The van der Waals surface area contributed by atoms with Crippen LogP contribution in [0.1, 0.15) is 29.2 Å². The fourth-order valence-electron chi connectivity index (χ4n) is 3.18. The normalized spacial score (nSPS) is 16.3. The van der Waals surface area contributed by atoms with Gasteiger partial charge >= 0.3 is 5.97 Å². The molecule has 2 unspecified atom stereocenters. The number of para-hydroxylation sites is 1. The van der Waals surface area contributed by atoms with Crippen molar-refractivity contribution in [1.29, 1.82) is 0 Å². The van der Waals surface area contributed by atoms with Crippen molar-refractivity contribution in [1.82, 2.24) is 5.32 Å². The zero-order valence-corrected chi connectivity index (χ0v) is 14.7. The lowest BCUT2D eigenvalue weighted by Crippen LogP contribution is -2.41. The van der Waals surface area contributed by atoms with Gasteiger partial charge in [-0.2, -0.15) is 0 Å². The predicted molar refractivity (Wildman–Crippen MR) is 96.2 cm³/mol. The summed E-state index contributed by atoms with van der Waals surface area (Å²) in [6.07, 6.45) is 0.559. The van der Waals surface area contributed by atoms with Crippen LogP contribution in [-0.2, 0) is 20.7 Å². The molecule has 1 heterocycles. The van der Waals surface area contributed by atoms with Gasteiger partial charge in [-0.1, -0.05) is 30.3 Å². The highest BCUT2D eigenvalue weighted by Gasteiger charge is 2.30. The molecule has 0 saturated carbocycles. The smallest absolute Gasteiger partial charge is 0.307 e. The van der Waals surface area contributed by atoms with Crippen molar-refractivity contribution >= 4 is 17.6 Å². The number of nitrogens with one attached hydrogen (secondary N) is 2. The van der Waals surface area contributed by atoms with Gasteiger partial charge in [0.25, 0.3) is 0 Å². The molecule has 3 rings (SSSR count). The van der Waals surface area contributed by atoms with E-state index in [1.54, 1.807) is 12.1 Å². The summed E-state index contributed by atoms with van der Waals surface area (Å²) < 4.78 is 17.9. The van der Waals surface area contributed by atoms with Crippen molar-refractivity contribution in [2.24, 2.45) is 0 Å². The van der Waals surface area contributed by atoms with Crippen LogP contribution < -0.4 is 10.6 Å². The zero-order valence-electron chi connectivity index (χ0n) is 14.7. The second-order valence-corrected chi connectivity index (χ2v) is 6.40. The number of anilines is 1. The van der Waals surface area contributed by atoms with E-state index in [1.165, 1.54) is 19.2 Å². The number of esters is 1. The topological polar surface area (TPSA) is 67.4 Å². The summed E-state index contributed by atoms with van der Waals surface area (Å²) in [6.45, 7) is 1.99. The van der Waals surface area contributed by atoms with Crippen molar-refractivity contribution in [3.8, 4) is 0 Å². The van der Waals surface area contributed by atoms with Crippen LogP contribution in [-0.4, -0.2) is 25.0 Å². The summed E-state index contributed by atoms with van der Waals surface area (Å²) in [5.74, 6) is -1.03. The van der Waals surface area contributed by atoms with E-state index in [1.807, 2.05) is 25.1 Å². The number of fused-ring (bicyclic) bond motifs is 1. The van der Waals surface area contributed by atoms with E-state index >= 15 is 0 Å². The lowest BCUT2D eigenvalue weighted by molar-refractivity contribution is -0.141. The maximum atomic E-state index is 13.2. The zero-order chi connectivity index (χ0) is 18.7. The minimum absolute atomic E-state index is 0.0213. The molecular formula is C20H21FN2O3. The molecule has 5 nitrogen and oxygen atoms in total. The number of halogens is 1. The monoisotopic (exact) mass is 356 g/mol. The molecule has 2 aromatic carbocycles. The first-order valence-corrected chi connectivity index (χ1v) is 8.45. The fraction of sp³-hybridized carbons (Fsp3) is 0.300. The molecule has 0 saturated heterocycles. The first kappa shape index (κ1) is 17.9. The van der Waals surface area contributed by atoms with Gasteiger partial charge in [-0.3, -0.25) is 9.59 Å².